The lowest BCUT2D eigenvalue weighted by molar-refractivity contribution is -0.171. The smallest absolute Gasteiger partial charge is 0.222 e. The maximum Gasteiger partial charge on any atom is 0.222 e. The molecule has 0 bridgehead atoms. The van der Waals surface area contributed by atoms with E-state index in [9.17, 15) is 14.7 Å². The summed E-state index contributed by atoms with van der Waals surface area (Å²) in [6.07, 6.45) is 6.09. The summed E-state index contributed by atoms with van der Waals surface area (Å²) >= 11 is 0. The summed E-state index contributed by atoms with van der Waals surface area (Å²) < 4.78 is 0. The Kier molecular flexibility index (Phi) is 7.54. The van der Waals surface area contributed by atoms with E-state index in [-0.39, 0.29) is 63.0 Å². The van der Waals surface area contributed by atoms with Crippen LogP contribution in [0.2, 0.25) is 0 Å². The van der Waals surface area contributed by atoms with Gasteiger partial charge < -0.3 is 20.6 Å². The number of hydrogen-bond acceptors (Lipinski definition) is 5. The van der Waals surface area contributed by atoms with Crippen LogP contribution in [0.25, 0.3) is 0 Å². The number of nitrogens with one attached hydrogen (secondary N) is 2. The van der Waals surface area contributed by atoms with Gasteiger partial charge in [-0.1, -0.05) is 65.0 Å². The number of aliphatic hydroxyl groups excluding tert-OH is 1. The first-order valence-corrected chi connectivity index (χ1v) is 17.1. The molecule has 11 atom stereocenters. The van der Waals surface area contributed by atoms with Crippen LogP contribution >= 0.6 is 0 Å². The van der Waals surface area contributed by atoms with Crippen LogP contribution in [0, 0.1) is 50.7 Å². The Balaban J connectivity index is 1.33. The van der Waals surface area contributed by atoms with Crippen LogP contribution in [0.15, 0.2) is 30.3 Å². The van der Waals surface area contributed by atoms with Crippen molar-refractivity contribution >= 4 is 11.7 Å². The first-order chi connectivity index (χ1) is 20.2. The molecule has 0 aliphatic heterocycles. The van der Waals surface area contributed by atoms with E-state index in [4.69, 9.17) is 0 Å². The van der Waals surface area contributed by atoms with Crippen LogP contribution < -0.4 is 10.6 Å². The van der Waals surface area contributed by atoms with Gasteiger partial charge in [-0.05, 0) is 93.2 Å². The Hall–Kier alpha value is -1.76. The van der Waals surface area contributed by atoms with Crippen molar-refractivity contribution in [3.05, 3.63) is 35.9 Å². The SMILES string of the molecule is CC(C)C(=O)N[C@H]1CCC23C[C@]24C(=O)C[C@]2(C)[C@@H]([C@H](C)N(C)C)[C@H](O)C[C@@]2(C)[C@@H]4CC[C@H]3[C@]1(C)CNCc1ccccc1. The molecule has 6 nitrogen and oxygen atoms in total. The van der Waals surface area contributed by atoms with Gasteiger partial charge in [0.05, 0.1) is 6.10 Å². The molecule has 6 heteroatoms. The zero-order valence-electron chi connectivity index (χ0n) is 28.0. The molecule has 5 saturated carbocycles. The second-order valence-electron chi connectivity index (χ2n) is 16.8. The predicted octanol–water partition coefficient (Wildman–Crippen LogP) is 5.44. The Morgan fingerprint density at radius 3 is 2.35 bits per heavy atom. The van der Waals surface area contributed by atoms with Crippen molar-refractivity contribution in [3.8, 4) is 0 Å². The molecule has 43 heavy (non-hydrogen) atoms. The quantitative estimate of drug-likeness (QED) is 0.375. The van der Waals surface area contributed by atoms with Crippen LogP contribution in [0.1, 0.15) is 92.1 Å². The summed E-state index contributed by atoms with van der Waals surface area (Å²) in [7, 11) is 4.21. The average Bonchev–Trinajstić information content (AvgIpc) is 3.59. The normalized spacial score (nSPS) is 45.7. The number of hydrogen-bond donors (Lipinski definition) is 3. The molecule has 6 rings (SSSR count). The van der Waals surface area contributed by atoms with Crippen molar-refractivity contribution in [1.82, 2.24) is 15.5 Å². The number of benzene rings is 1. The Morgan fingerprint density at radius 1 is 1.02 bits per heavy atom. The molecule has 1 unspecified atom stereocenters. The standard InChI is InChI=1S/C37H57N3O3/c1-23(2)32(43)39-29-16-17-36-21-37(36)28(15-14-27(36)33(29,4)22-38-20-25-12-10-9-11-13-25)34(5)18-26(41)31(24(3)40(7)8)35(34,6)19-30(37)42/h9-13,23-24,26-29,31,38,41H,14-22H2,1-8H3,(H,39,43)/t24-,26+,27-,28-,29-,31-,33-,34-,35+,36?,37-/m0/s1. The minimum Gasteiger partial charge on any atom is -0.393 e. The highest BCUT2D eigenvalue weighted by molar-refractivity contribution is 5.92. The molecular weight excluding hydrogens is 534 g/mol. The van der Waals surface area contributed by atoms with Crippen molar-refractivity contribution < 1.29 is 14.7 Å². The lowest BCUT2D eigenvalue weighted by Gasteiger charge is -2.63. The molecule has 1 aromatic rings. The molecule has 5 aliphatic rings. The third kappa shape index (κ3) is 4.21. The number of fused-ring (bicyclic) bond motifs is 2. The Morgan fingerprint density at radius 2 is 1.70 bits per heavy atom. The lowest BCUT2D eigenvalue weighted by Crippen LogP contribution is -2.65. The van der Waals surface area contributed by atoms with E-state index in [2.05, 4.69) is 87.7 Å². The van der Waals surface area contributed by atoms with E-state index >= 15 is 0 Å². The highest BCUT2D eigenvalue weighted by atomic mass is 16.3. The fourth-order valence-electron chi connectivity index (χ4n) is 12.1. The summed E-state index contributed by atoms with van der Waals surface area (Å²) in [5, 5.41) is 18.9. The molecule has 2 spiro atoms. The molecule has 0 saturated heterocycles. The number of carbonyl (C=O) groups excluding carboxylic acids is 2. The van der Waals surface area contributed by atoms with E-state index in [1.54, 1.807) is 0 Å². The third-order valence-electron chi connectivity index (χ3n) is 14.6. The van der Waals surface area contributed by atoms with Gasteiger partial charge in [0.1, 0.15) is 5.78 Å². The van der Waals surface area contributed by atoms with Crippen molar-refractivity contribution in [3.63, 3.8) is 0 Å². The van der Waals surface area contributed by atoms with Gasteiger partial charge >= 0.3 is 0 Å². The second kappa shape index (κ2) is 10.4. The molecule has 0 radical (unpaired) electrons. The van der Waals surface area contributed by atoms with Crippen LogP contribution in [0.5, 0.6) is 0 Å². The van der Waals surface area contributed by atoms with Gasteiger partial charge in [-0.25, -0.2) is 0 Å². The number of aliphatic hydroxyl groups is 1. The Bertz CT molecular complexity index is 1250. The van der Waals surface area contributed by atoms with Crippen LogP contribution in [0.4, 0.5) is 0 Å². The maximum absolute atomic E-state index is 14.8. The van der Waals surface area contributed by atoms with Gasteiger partial charge in [0.25, 0.3) is 0 Å². The highest BCUT2D eigenvalue weighted by Gasteiger charge is 2.86. The number of amides is 1. The van der Waals surface area contributed by atoms with Crippen molar-refractivity contribution in [2.75, 3.05) is 20.6 Å². The summed E-state index contributed by atoms with van der Waals surface area (Å²) in [6, 6.07) is 10.9. The topological polar surface area (TPSA) is 81.7 Å². The van der Waals surface area contributed by atoms with Gasteiger partial charge in [-0.3, -0.25) is 9.59 Å². The number of rotatable bonds is 8. The fourth-order valence-corrected chi connectivity index (χ4v) is 12.1. The van der Waals surface area contributed by atoms with Crippen molar-refractivity contribution in [2.45, 2.75) is 111 Å². The zero-order valence-corrected chi connectivity index (χ0v) is 28.0. The molecule has 3 N–H and O–H groups in total. The molecule has 0 aromatic heterocycles. The zero-order chi connectivity index (χ0) is 31.2. The predicted molar refractivity (Wildman–Crippen MR) is 171 cm³/mol. The molecule has 5 fully saturated rings. The maximum atomic E-state index is 14.8. The van der Waals surface area contributed by atoms with E-state index in [1.165, 1.54) is 5.56 Å². The van der Waals surface area contributed by atoms with Gasteiger partial charge in [0, 0.05) is 54.3 Å². The highest BCUT2D eigenvalue weighted by Crippen LogP contribution is 2.87. The van der Waals surface area contributed by atoms with Gasteiger partial charge in [-0.15, -0.1) is 0 Å². The monoisotopic (exact) mass is 591 g/mol. The number of nitrogens with zero attached hydrogens (tertiary/aromatic N) is 1. The summed E-state index contributed by atoms with van der Waals surface area (Å²) in [6.45, 7) is 15.0. The van der Waals surface area contributed by atoms with Gasteiger partial charge in [-0.2, -0.15) is 0 Å². The minimum absolute atomic E-state index is 0.00970. The van der Waals surface area contributed by atoms with Gasteiger partial charge in [0.15, 0.2) is 0 Å². The second-order valence-corrected chi connectivity index (χ2v) is 16.8. The fraction of sp³-hybridized carbons (Fsp3) is 0.784. The average molecular weight is 592 g/mol. The van der Waals surface area contributed by atoms with Gasteiger partial charge in [0.2, 0.25) is 5.91 Å². The largest absolute Gasteiger partial charge is 0.393 e. The minimum atomic E-state index is -0.378. The molecule has 238 valence electrons. The van der Waals surface area contributed by atoms with E-state index in [1.807, 2.05) is 13.8 Å². The first-order valence-electron chi connectivity index (χ1n) is 17.1. The Labute approximate surface area is 260 Å². The molecule has 5 aliphatic carbocycles. The van der Waals surface area contributed by atoms with E-state index in [0.29, 0.717) is 24.0 Å². The molecule has 1 aromatic carbocycles. The van der Waals surface area contributed by atoms with Crippen LogP contribution in [-0.4, -0.2) is 60.5 Å². The van der Waals surface area contributed by atoms with Crippen LogP contribution in [0.3, 0.4) is 0 Å². The van der Waals surface area contributed by atoms with E-state index in [0.717, 1.165) is 51.6 Å². The summed E-state index contributed by atoms with van der Waals surface area (Å²) in [5.74, 6) is 1.36. The van der Waals surface area contributed by atoms with E-state index < -0.39 is 0 Å². The summed E-state index contributed by atoms with van der Waals surface area (Å²) in [5.41, 5.74) is 0.591. The number of ketones is 1. The van der Waals surface area contributed by atoms with Crippen molar-refractivity contribution in [1.29, 1.82) is 0 Å². The molecule has 0 heterocycles. The molecular formula is C37H57N3O3. The third-order valence-corrected chi connectivity index (χ3v) is 14.6. The van der Waals surface area contributed by atoms with Crippen molar-refractivity contribution in [2.24, 2.45) is 50.7 Å². The first kappa shape index (κ1) is 31.2. The number of carbonyl (C=O) groups is 2. The lowest BCUT2D eigenvalue weighted by atomic mass is 9.41. The number of Topliss-reactive ketones (excluding diaryl/α,β-unsaturated/α-hetero) is 1. The van der Waals surface area contributed by atoms with Crippen LogP contribution in [-0.2, 0) is 16.1 Å². The summed E-state index contributed by atoms with van der Waals surface area (Å²) in [4.78, 5) is 30.1. The molecule has 1 amide bonds.